The molecule has 0 aromatic heterocycles. The van der Waals surface area contributed by atoms with Crippen LogP contribution in [0.5, 0.6) is 0 Å². The molecular formula is C15H11BrF2N2. The second-order valence-electron chi connectivity index (χ2n) is 4.24. The van der Waals surface area contributed by atoms with Crippen LogP contribution in [0, 0.1) is 23.0 Å². The minimum Gasteiger partial charge on any atom is -0.308 e. The predicted molar refractivity (Wildman–Crippen MR) is 75.8 cm³/mol. The van der Waals surface area contributed by atoms with E-state index in [4.69, 9.17) is 5.26 Å². The van der Waals surface area contributed by atoms with Crippen molar-refractivity contribution in [2.45, 2.75) is 13.1 Å². The maximum absolute atomic E-state index is 13.7. The third-order valence-corrected chi connectivity index (χ3v) is 3.44. The molecule has 0 spiro atoms. The zero-order valence-electron chi connectivity index (χ0n) is 10.5. The number of nitriles is 1. The first-order valence-corrected chi connectivity index (χ1v) is 6.73. The van der Waals surface area contributed by atoms with Crippen molar-refractivity contribution in [3.63, 3.8) is 0 Å². The number of benzene rings is 2. The van der Waals surface area contributed by atoms with Gasteiger partial charge in [-0.1, -0.05) is 12.1 Å². The van der Waals surface area contributed by atoms with Crippen LogP contribution in [0.1, 0.15) is 16.7 Å². The Kier molecular flexibility index (Phi) is 4.83. The van der Waals surface area contributed by atoms with Crippen LogP contribution in [0.3, 0.4) is 0 Å². The SMILES string of the molecule is N#Cc1cccc(CNCc2c(F)ccc(Br)c2F)c1. The lowest BCUT2D eigenvalue weighted by molar-refractivity contribution is 0.532. The van der Waals surface area contributed by atoms with Gasteiger partial charge in [0.1, 0.15) is 11.6 Å². The molecular weight excluding hydrogens is 326 g/mol. The Labute approximate surface area is 124 Å². The van der Waals surface area contributed by atoms with Crippen molar-refractivity contribution in [2.75, 3.05) is 0 Å². The van der Waals surface area contributed by atoms with Crippen molar-refractivity contribution in [2.24, 2.45) is 0 Å². The van der Waals surface area contributed by atoms with Gasteiger partial charge in [0, 0.05) is 18.7 Å². The largest absolute Gasteiger partial charge is 0.308 e. The molecule has 2 aromatic carbocycles. The van der Waals surface area contributed by atoms with E-state index in [-0.39, 0.29) is 16.6 Å². The maximum atomic E-state index is 13.7. The van der Waals surface area contributed by atoms with Crippen LogP contribution in [0.2, 0.25) is 0 Å². The zero-order valence-corrected chi connectivity index (χ0v) is 12.0. The highest BCUT2D eigenvalue weighted by atomic mass is 79.9. The zero-order chi connectivity index (χ0) is 14.5. The molecule has 0 saturated carbocycles. The summed E-state index contributed by atoms with van der Waals surface area (Å²) >= 11 is 3.03. The number of nitrogens with zero attached hydrogens (tertiary/aromatic N) is 1. The van der Waals surface area contributed by atoms with Gasteiger partial charge in [0.25, 0.3) is 0 Å². The van der Waals surface area contributed by atoms with Crippen LogP contribution in [0.15, 0.2) is 40.9 Å². The molecule has 20 heavy (non-hydrogen) atoms. The van der Waals surface area contributed by atoms with E-state index in [0.29, 0.717) is 12.1 Å². The van der Waals surface area contributed by atoms with E-state index in [1.54, 1.807) is 18.2 Å². The smallest absolute Gasteiger partial charge is 0.144 e. The number of rotatable bonds is 4. The van der Waals surface area contributed by atoms with Crippen LogP contribution in [-0.2, 0) is 13.1 Å². The Hall–Kier alpha value is -1.77. The number of halogens is 3. The van der Waals surface area contributed by atoms with E-state index >= 15 is 0 Å². The molecule has 0 aliphatic rings. The summed E-state index contributed by atoms with van der Waals surface area (Å²) in [4.78, 5) is 0. The summed E-state index contributed by atoms with van der Waals surface area (Å²) in [5.41, 5.74) is 1.44. The van der Waals surface area contributed by atoms with Crippen molar-refractivity contribution in [1.29, 1.82) is 5.26 Å². The summed E-state index contributed by atoms with van der Waals surface area (Å²) in [6.07, 6.45) is 0. The molecule has 0 atom stereocenters. The van der Waals surface area contributed by atoms with E-state index in [1.807, 2.05) is 12.1 Å². The molecule has 0 aliphatic carbocycles. The fraction of sp³-hybridized carbons (Fsp3) is 0.133. The molecule has 1 N–H and O–H groups in total. The molecule has 0 saturated heterocycles. The molecule has 102 valence electrons. The van der Waals surface area contributed by atoms with Gasteiger partial charge >= 0.3 is 0 Å². The summed E-state index contributed by atoms with van der Waals surface area (Å²) in [6.45, 7) is 0.509. The summed E-state index contributed by atoms with van der Waals surface area (Å²) in [7, 11) is 0. The fourth-order valence-electron chi connectivity index (χ4n) is 1.81. The van der Waals surface area contributed by atoms with Crippen LogP contribution in [-0.4, -0.2) is 0 Å². The molecule has 0 bridgehead atoms. The van der Waals surface area contributed by atoms with Crippen molar-refractivity contribution < 1.29 is 8.78 Å². The third kappa shape index (κ3) is 3.41. The molecule has 5 heteroatoms. The highest BCUT2D eigenvalue weighted by molar-refractivity contribution is 9.10. The van der Waals surface area contributed by atoms with Gasteiger partial charge in [0.15, 0.2) is 0 Å². The minimum atomic E-state index is -0.594. The van der Waals surface area contributed by atoms with Crippen LogP contribution in [0.4, 0.5) is 8.78 Å². The number of nitrogens with one attached hydrogen (secondary N) is 1. The van der Waals surface area contributed by atoms with Gasteiger partial charge in [0.2, 0.25) is 0 Å². The molecule has 0 radical (unpaired) electrons. The van der Waals surface area contributed by atoms with Crippen molar-refractivity contribution in [3.05, 3.63) is 69.2 Å². The molecule has 0 unspecified atom stereocenters. The van der Waals surface area contributed by atoms with Crippen molar-refractivity contribution in [3.8, 4) is 6.07 Å². The second-order valence-corrected chi connectivity index (χ2v) is 5.09. The monoisotopic (exact) mass is 336 g/mol. The topological polar surface area (TPSA) is 35.8 Å². The molecule has 2 aromatic rings. The summed E-state index contributed by atoms with van der Waals surface area (Å²) < 4.78 is 27.5. The highest BCUT2D eigenvalue weighted by Gasteiger charge is 2.11. The van der Waals surface area contributed by atoms with Crippen molar-refractivity contribution >= 4 is 15.9 Å². The molecule has 0 heterocycles. The first-order valence-electron chi connectivity index (χ1n) is 5.94. The maximum Gasteiger partial charge on any atom is 0.144 e. The average molecular weight is 337 g/mol. The second kappa shape index (κ2) is 6.60. The van der Waals surface area contributed by atoms with Crippen LogP contribution < -0.4 is 5.32 Å². The lowest BCUT2D eigenvalue weighted by Crippen LogP contribution is -2.15. The summed E-state index contributed by atoms with van der Waals surface area (Å²) in [5.74, 6) is -1.17. The highest BCUT2D eigenvalue weighted by Crippen LogP contribution is 2.21. The fourth-order valence-corrected chi connectivity index (χ4v) is 2.19. The minimum absolute atomic E-state index is 0.00388. The molecule has 2 rings (SSSR count). The van der Waals surface area contributed by atoms with Gasteiger partial charge < -0.3 is 5.32 Å². The summed E-state index contributed by atoms with van der Waals surface area (Å²) in [6, 6.07) is 11.7. The quantitative estimate of drug-likeness (QED) is 0.860. The van der Waals surface area contributed by atoms with E-state index in [2.05, 4.69) is 21.2 Å². The Morgan fingerprint density at radius 3 is 2.70 bits per heavy atom. The van der Waals surface area contributed by atoms with Crippen molar-refractivity contribution in [1.82, 2.24) is 5.32 Å². The lowest BCUT2D eigenvalue weighted by Gasteiger charge is -2.08. The first kappa shape index (κ1) is 14.6. The van der Waals surface area contributed by atoms with Gasteiger partial charge in [-0.2, -0.15) is 5.26 Å². The van der Waals surface area contributed by atoms with E-state index < -0.39 is 11.6 Å². The first-order chi connectivity index (χ1) is 9.61. The Morgan fingerprint density at radius 2 is 1.95 bits per heavy atom. The van der Waals surface area contributed by atoms with Gasteiger partial charge in [-0.25, -0.2) is 8.78 Å². The van der Waals surface area contributed by atoms with Gasteiger partial charge in [-0.15, -0.1) is 0 Å². The molecule has 2 nitrogen and oxygen atoms in total. The Balaban J connectivity index is 2.03. The summed E-state index contributed by atoms with van der Waals surface area (Å²) in [5, 5.41) is 11.8. The lowest BCUT2D eigenvalue weighted by atomic mass is 10.1. The molecule has 0 fully saturated rings. The standard InChI is InChI=1S/C15H11BrF2N2/c16-13-4-5-14(17)12(15(13)18)9-20-8-11-3-1-2-10(6-11)7-19/h1-6,20H,8-9H2. The average Bonchev–Trinajstić information content (AvgIpc) is 2.47. The molecule has 0 amide bonds. The van der Waals surface area contributed by atoms with Gasteiger partial charge in [0.05, 0.1) is 16.1 Å². The van der Waals surface area contributed by atoms with Gasteiger partial charge in [-0.3, -0.25) is 0 Å². The van der Waals surface area contributed by atoms with E-state index in [9.17, 15) is 8.78 Å². The van der Waals surface area contributed by atoms with Crippen LogP contribution >= 0.6 is 15.9 Å². The van der Waals surface area contributed by atoms with E-state index in [0.717, 1.165) is 5.56 Å². The number of hydrogen-bond donors (Lipinski definition) is 1. The normalized spacial score (nSPS) is 10.3. The third-order valence-electron chi connectivity index (χ3n) is 2.83. The predicted octanol–water partition coefficient (Wildman–Crippen LogP) is 3.89. The van der Waals surface area contributed by atoms with Crippen LogP contribution in [0.25, 0.3) is 0 Å². The van der Waals surface area contributed by atoms with Gasteiger partial charge in [-0.05, 0) is 45.8 Å². The molecule has 0 aliphatic heterocycles. The number of hydrogen-bond acceptors (Lipinski definition) is 2. The Morgan fingerprint density at radius 1 is 1.15 bits per heavy atom. The van der Waals surface area contributed by atoms with E-state index in [1.165, 1.54) is 12.1 Å². The Bertz CT molecular complexity index is 665.